The van der Waals surface area contributed by atoms with Gasteiger partial charge < -0.3 is 0 Å². The highest BCUT2D eigenvalue weighted by Crippen LogP contribution is 2.62. The summed E-state index contributed by atoms with van der Waals surface area (Å²) in [6, 6.07) is 0. The molecular weight excluding hydrogens is 217 g/mol. The third-order valence-corrected chi connectivity index (χ3v) is 4.77. The number of hydrogen-bond acceptors (Lipinski definition) is 1. The highest BCUT2D eigenvalue weighted by molar-refractivity contribution is 5.84. The van der Waals surface area contributed by atoms with Gasteiger partial charge in [-0.3, -0.25) is 4.79 Å². The molecule has 0 radical (unpaired) electrons. The maximum atomic E-state index is 12.2. The molecule has 0 saturated heterocycles. The van der Waals surface area contributed by atoms with Gasteiger partial charge in [0, 0.05) is 6.42 Å². The van der Waals surface area contributed by atoms with Crippen LogP contribution in [0.25, 0.3) is 0 Å². The van der Waals surface area contributed by atoms with Gasteiger partial charge in [0.25, 0.3) is 0 Å². The molecule has 0 aromatic rings. The van der Waals surface area contributed by atoms with E-state index in [4.69, 9.17) is 0 Å². The highest BCUT2D eigenvalue weighted by atomic mass is 19.4. The lowest BCUT2D eigenvalue weighted by Crippen LogP contribution is -2.53. The number of halogens is 3. The average Bonchev–Trinajstić information content (AvgIpc) is 2.16. The van der Waals surface area contributed by atoms with Gasteiger partial charge in [-0.1, -0.05) is 13.8 Å². The second-order valence-electron chi connectivity index (χ2n) is 5.82. The number of rotatable bonds is 2. The number of hydrogen-bond donors (Lipinski definition) is 0. The molecule has 16 heavy (non-hydrogen) atoms. The Morgan fingerprint density at radius 1 is 1.31 bits per heavy atom. The molecule has 3 aliphatic rings. The standard InChI is InChI=1S/C12H17F3O/c1-11(2)8-4-3-7(9(11)6-8)5-10(16)12(13,14)15/h7-9H,3-6H2,1-2H3. The van der Waals surface area contributed by atoms with Crippen LogP contribution in [0.3, 0.4) is 0 Å². The third-order valence-electron chi connectivity index (χ3n) is 4.77. The number of alkyl halides is 3. The Hall–Kier alpha value is -0.540. The van der Waals surface area contributed by atoms with Crippen LogP contribution in [0.5, 0.6) is 0 Å². The first-order chi connectivity index (χ1) is 7.23. The molecule has 3 unspecified atom stereocenters. The fourth-order valence-electron chi connectivity index (χ4n) is 3.56. The Labute approximate surface area is 93.4 Å². The number of carbonyl (C=O) groups is 1. The topological polar surface area (TPSA) is 17.1 Å². The molecule has 3 atom stereocenters. The van der Waals surface area contributed by atoms with Crippen LogP contribution in [-0.2, 0) is 4.79 Å². The lowest BCUT2D eigenvalue weighted by Gasteiger charge is -2.60. The monoisotopic (exact) mass is 234 g/mol. The molecule has 2 bridgehead atoms. The molecule has 0 aromatic carbocycles. The van der Waals surface area contributed by atoms with Crippen molar-refractivity contribution in [2.45, 2.75) is 45.7 Å². The molecule has 0 N–H and O–H groups in total. The number of Topliss-reactive ketones (excluding diaryl/α,β-unsaturated/α-hetero) is 1. The summed E-state index contributed by atoms with van der Waals surface area (Å²) in [5.41, 5.74) is 0.148. The van der Waals surface area contributed by atoms with Gasteiger partial charge in [-0.25, -0.2) is 0 Å². The van der Waals surface area contributed by atoms with E-state index in [0.29, 0.717) is 11.8 Å². The van der Waals surface area contributed by atoms with Crippen molar-refractivity contribution in [3.63, 3.8) is 0 Å². The van der Waals surface area contributed by atoms with Crippen molar-refractivity contribution in [2.24, 2.45) is 23.2 Å². The second kappa shape index (κ2) is 3.47. The molecule has 3 aliphatic carbocycles. The van der Waals surface area contributed by atoms with E-state index in [9.17, 15) is 18.0 Å². The Bertz CT molecular complexity index is 304. The van der Waals surface area contributed by atoms with Crippen molar-refractivity contribution in [2.75, 3.05) is 0 Å². The molecular formula is C12H17F3O. The minimum atomic E-state index is -4.65. The maximum absolute atomic E-state index is 12.2. The average molecular weight is 234 g/mol. The minimum Gasteiger partial charge on any atom is -0.290 e. The van der Waals surface area contributed by atoms with Gasteiger partial charge in [0.2, 0.25) is 5.78 Å². The van der Waals surface area contributed by atoms with Crippen molar-refractivity contribution < 1.29 is 18.0 Å². The van der Waals surface area contributed by atoms with Gasteiger partial charge in [0.15, 0.2) is 0 Å². The van der Waals surface area contributed by atoms with E-state index in [2.05, 4.69) is 13.8 Å². The normalized spacial score (nSPS) is 36.7. The van der Waals surface area contributed by atoms with E-state index in [1.807, 2.05) is 0 Å². The van der Waals surface area contributed by atoms with Crippen LogP contribution in [0.15, 0.2) is 0 Å². The lowest BCUT2D eigenvalue weighted by atomic mass is 9.45. The van der Waals surface area contributed by atoms with Crippen LogP contribution in [0, 0.1) is 23.2 Å². The molecule has 4 heteroatoms. The first-order valence-corrected chi connectivity index (χ1v) is 5.83. The van der Waals surface area contributed by atoms with Crippen molar-refractivity contribution >= 4 is 5.78 Å². The first kappa shape index (κ1) is 11.9. The fourth-order valence-corrected chi connectivity index (χ4v) is 3.56. The number of carbonyl (C=O) groups excluding carboxylic acids is 1. The maximum Gasteiger partial charge on any atom is 0.449 e. The quantitative estimate of drug-likeness (QED) is 0.713. The van der Waals surface area contributed by atoms with Crippen LogP contribution in [0.1, 0.15) is 39.5 Å². The van der Waals surface area contributed by atoms with Gasteiger partial charge >= 0.3 is 6.18 Å². The molecule has 3 fully saturated rings. The predicted octanol–water partition coefficient (Wildman–Crippen LogP) is 3.58. The molecule has 0 aliphatic heterocycles. The van der Waals surface area contributed by atoms with E-state index < -0.39 is 12.0 Å². The number of ketones is 1. The molecule has 92 valence electrons. The smallest absolute Gasteiger partial charge is 0.290 e. The fraction of sp³-hybridized carbons (Fsp3) is 0.917. The van der Waals surface area contributed by atoms with Crippen molar-refractivity contribution in [3.8, 4) is 0 Å². The Morgan fingerprint density at radius 2 is 1.94 bits per heavy atom. The largest absolute Gasteiger partial charge is 0.449 e. The van der Waals surface area contributed by atoms with Gasteiger partial charge in [-0.2, -0.15) is 13.2 Å². The van der Waals surface area contributed by atoms with Crippen LogP contribution in [0.4, 0.5) is 13.2 Å². The van der Waals surface area contributed by atoms with E-state index in [0.717, 1.165) is 19.3 Å². The van der Waals surface area contributed by atoms with Gasteiger partial charge in [-0.05, 0) is 42.4 Å². The Kier molecular flexibility index (Phi) is 2.59. The Balaban J connectivity index is 1.99. The van der Waals surface area contributed by atoms with Crippen LogP contribution < -0.4 is 0 Å². The summed E-state index contributed by atoms with van der Waals surface area (Å²) in [5.74, 6) is -0.611. The summed E-state index contributed by atoms with van der Waals surface area (Å²) in [7, 11) is 0. The third kappa shape index (κ3) is 1.76. The van der Waals surface area contributed by atoms with Crippen LogP contribution >= 0.6 is 0 Å². The highest BCUT2D eigenvalue weighted by Gasteiger charge is 2.55. The van der Waals surface area contributed by atoms with Crippen molar-refractivity contribution in [1.29, 1.82) is 0 Å². The summed E-state index contributed by atoms with van der Waals surface area (Å²) in [4.78, 5) is 11.0. The lowest BCUT2D eigenvalue weighted by molar-refractivity contribution is -0.177. The van der Waals surface area contributed by atoms with Crippen LogP contribution in [-0.4, -0.2) is 12.0 Å². The molecule has 0 amide bonds. The predicted molar refractivity (Wildman–Crippen MR) is 53.8 cm³/mol. The SMILES string of the molecule is CC1(C)C2CCC(CC(=O)C(F)(F)F)C1C2. The van der Waals surface area contributed by atoms with Crippen molar-refractivity contribution in [1.82, 2.24) is 0 Å². The summed E-state index contributed by atoms with van der Waals surface area (Å²) in [5, 5.41) is 0. The van der Waals surface area contributed by atoms with Gasteiger partial charge in [-0.15, -0.1) is 0 Å². The molecule has 0 aromatic heterocycles. The van der Waals surface area contributed by atoms with Gasteiger partial charge in [0.05, 0.1) is 0 Å². The summed E-state index contributed by atoms with van der Waals surface area (Å²) >= 11 is 0. The summed E-state index contributed by atoms with van der Waals surface area (Å²) < 4.78 is 36.6. The molecule has 1 nitrogen and oxygen atoms in total. The molecule has 3 saturated carbocycles. The zero-order valence-corrected chi connectivity index (χ0v) is 9.60. The zero-order valence-electron chi connectivity index (χ0n) is 9.60. The van der Waals surface area contributed by atoms with Crippen LogP contribution in [0.2, 0.25) is 0 Å². The second-order valence-corrected chi connectivity index (χ2v) is 5.82. The van der Waals surface area contributed by atoms with Crippen molar-refractivity contribution in [3.05, 3.63) is 0 Å². The van der Waals surface area contributed by atoms with E-state index in [-0.39, 0.29) is 17.8 Å². The summed E-state index contributed by atoms with van der Waals surface area (Å²) in [6.07, 6.45) is -2.16. The zero-order chi connectivity index (χ0) is 12.1. The van der Waals surface area contributed by atoms with Gasteiger partial charge in [0.1, 0.15) is 0 Å². The molecule has 0 heterocycles. The number of fused-ring (bicyclic) bond motifs is 2. The van der Waals surface area contributed by atoms with E-state index >= 15 is 0 Å². The first-order valence-electron chi connectivity index (χ1n) is 5.83. The van der Waals surface area contributed by atoms with E-state index in [1.54, 1.807) is 0 Å². The summed E-state index contributed by atoms with van der Waals surface area (Å²) in [6.45, 7) is 4.24. The minimum absolute atomic E-state index is 0.0471. The van der Waals surface area contributed by atoms with E-state index in [1.165, 1.54) is 0 Å². The Morgan fingerprint density at radius 3 is 2.38 bits per heavy atom. The molecule has 0 spiro atoms. The molecule has 3 rings (SSSR count).